The van der Waals surface area contributed by atoms with Crippen LogP contribution in [0.5, 0.6) is 0 Å². The zero-order valence-corrected chi connectivity index (χ0v) is 20.7. The second-order valence-corrected chi connectivity index (χ2v) is 9.11. The second-order valence-electron chi connectivity index (χ2n) is 9.11. The van der Waals surface area contributed by atoms with Crippen LogP contribution >= 0.6 is 0 Å². The van der Waals surface area contributed by atoms with Gasteiger partial charge in [0.2, 0.25) is 11.8 Å². The number of ether oxygens (including phenoxy) is 1. The summed E-state index contributed by atoms with van der Waals surface area (Å²) in [7, 11) is 0. The molecule has 2 N–H and O–H groups in total. The van der Waals surface area contributed by atoms with Crippen LogP contribution < -0.4 is 5.32 Å². The normalized spacial score (nSPS) is 16.8. The summed E-state index contributed by atoms with van der Waals surface area (Å²) in [6.07, 6.45) is 8.90. The summed E-state index contributed by atoms with van der Waals surface area (Å²) in [4.78, 5) is 39.9. The van der Waals surface area contributed by atoms with Gasteiger partial charge >= 0.3 is 5.97 Å². The van der Waals surface area contributed by atoms with Gasteiger partial charge in [-0.3, -0.25) is 14.4 Å². The van der Waals surface area contributed by atoms with Gasteiger partial charge in [-0.1, -0.05) is 42.5 Å². The first kappa shape index (κ1) is 28.3. The molecule has 2 rings (SSSR count). The van der Waals surface area contributed by atoms with Crippen molar-refractivity contribution in [2.75, 3.05) is 19.8 Å². The van der Waals surface area contributed by atoms with Gasteiger partial charge in [-0.05, 0) is 50.5 Å². The number of nitrogens with zero attached hydrogens (tertiary/aromatic N) is 1. The smallest absolute Gasteiger partial charge is 0.305 e. The van der Waals surface area contributed by atoms with Crippen LogP contribution in [-0.2, 0) is 25.5 Å². The van der Waals surface area contributed by atoms with E-state index >= 15 is 0 Å². The summed E-state index contributed by atoms with van der Waals surface area (Å²) >= 11 is 0. The number of unbranched alkanes of at least 4 members (excludes halogenated alkanes) is 2. The lowest BCUT2D eigenvalue weighted by atomic mass is 9.98. The van der Waals surface area contributed by atoms with Crippen molar-refractivity contribution in [2.24, 2.45) is 5.92 Å². The molecule has 35 heavy (non-hydrogen) atoms. The van der Waals surface area contributed by atoms with Gasteiger partial charge in [-0.15, -0.1) is 13.2 Å². The average Bonchev–Trinajstić information content (AvgIpc) is 3.33. The van der Waals surface area contributed by atoms with Gasteiger partial charge in [0.1, 0.15) is 6.61 Å². The van der Waals surface area contributed by atoms with Crippen LogP contribution in [0.4, 0.5) is 0 Å². The van der Waals surface area contributed by atoms with Gasteiger partial charge in [0.05, 0.1) is 24.6 Å². The molecule has 1 aromatic rings. The molecule has 2 amide bonds. The quantitative estimate of drug-likeness (QED) is 0.212. The number of likely N-dealkylation sites (tertiary alicyclic amines) is 1. The molecule has 1 saturated heterocycles. The number of rotatable bonds is 16. The minimum absolute atomic E-state index is 0.0163. The molecule has 7 nitrogen and oxygen atoms in total. The highest BCUT2D eigenvalue weighted by Gasteiger charge is 2.34. The lowest BCUT2D eigenvalue weighted by molar-refractivity contribution is -0.148. The third-order valence-electron chi connectivity index (χ3n) is 6.28. The van der Waals surface area contributed by atoms with E-state index in [0.29, 0.717) is 25.8 Å². The summed E-state index contributed by atoms with van der Waals surface area (Å²) < 4.78 is 5.45. The number of aliphatic hydroxyl groups is 1. The Balaban J connectivity index is 1.88. The first-order valence-electron chi connectivity index (χ1n) is 12.6. The monoisotopic (exact) mass is 484 g/mol. The fraction of sp³-hybridized carbons (Fsp3) is 0.536. The highest BCUT2D eigenvalue weighted by molar-refractivity contribution is 5.86. The SMILES string of the molecule is C=CCCCCC(=O)OC[C@@H]1CCCN1C(=O)[C@H](CC=C)CC(=O)N[C@H](CO)Cc1ccccc1. The lowest BCUT2D eigenvalue weighted by Crippen LogP contribution is -2.45. The third-order valence-corrected chi connectivity index (χ3v) is 6.28. The summed E-state index contributed by atoms with van der Waals surface area (Å²) in [6.45, 7) is 8.01. The molecular formula is C28H40N2O5. The molecule has 0 radical (unpaired) electrons. The van der Waals surface area contributed by atoms with E-state index < -0.39 is 12.0 Å². The Labute approximate surface area is 209 Å². The standard InChI is InChI=1S/C28H40N2O5/c1-3-5-6-10-16-27(33)35-21-25-15-11-17-30(25)28(34)23(12-4-2)19-26(32)29-24(20-31)18-22-13-8-7-9-14-22/h3-4,7-9,13-14,23-25,31H,1-2,5-6,10-12,15-21H2,(H,29,32)/t23-,24+,25+/m1/s1. The molecule has 0 aromatic heterocycles. The minimum atomic E-state index is -0.543. The molecule has 7 heteroatoms. The topological polar surface area (TPSA) is 95.9 Å². The molecule has 1 aromatic carbocycles. The number of hydrogen-bond donors (Lipinski definition) is 2. The van der Waals surface area contributed by atoms with E-state index in [-0.39, 0.29) is 43.5 Å². The van der Waals surface area contributed by atoms with E-state index in [0.717, 1.165) is 37.7 Å². The van der Waals surface area contributed by atoms with Crippen molar-refractivity contribution < 1.29 is 24.2 Å². The number of aliphatic hydroxyl groups excluding tert-OH is 1. The third kappa shape index (κ3) is 10.1. The molecule has 0 saturated carbocycles. The maximum Gasteiger partial charge on any atom is 0.305 e. The van der Waals surface area contributed by atoms with Crippen molar-refractivity contribution in [2.45, 2.75) is 69.9 Å². The number of amides is 2. The summed E-state index contributed by atoms with van der Waals surface area (Å²) in [5, 5.41) is 12.6. The van der Waals surface area contributed by atoms with Crippen molar-refractivity contribution in [3.05, 3.63) is 61.2 Å². The van der Waals surface area contributed by atoms with Gasteiger partial charge in [0, 0.05) is 19.4 Å². The fourth-order valence-electron chi connectivity index (χ4n) is 4.40. The highest BCUT2D eigenvalue weighted by atomic mass is 16.5. The number of allylic oxidation sites excluding steroid dienone is 2. The maximum absolute atomic E-state index is 13.3. The van der Waals surface area contributed by atoms with Crippen molar-refractivity contribution in [1.82, 2.24) is 10.2 Å². The van der Waals surface area contributed by atoms with Gasteiger partial charge in [0.25, 0.3) is 0 Å². The van der Waals surface area contributed by atoms with Crippen molar-refractivity contribution in [3.8, 4) is 0 Å². The number of nitrogens with one attached hydrogen (secondary N) is 1. The second kappa shape index (κ2) is 15.9. The Bertz CT molecular complexity index is 826. The largest absolute Gasteiger partial charge is 0.463 e. The van der Waals surface area contributed by atoms with E-state index in [1.807, 2.05) is 36.4 Å². The molecule has 192 valence electrons. The van der Waals surface area contributed by atoms with E-state index in [9.17, 15) is 19.5 Å². The zero-order valence-electron chi connectivity index (χ0n) is 20.7. The Kier molecular flexibility index (Phi) is 12.8. The van der Waals surface area contributed by atoms with Crippen molar-refractivity contribution in [1.29, 1.82) is 0 Å². The summed E-state index contributed by atoms with van der Waals surface area (Å²) in [5.74, 6) is -1.18. The number of carbonyl (C=O) groups excluding carboxylic acids is 3. The van der Waals surface area contributed by atoms with Crippen molar-refractivity contribution in [3.63, 3.8) is 0 Å². The molecule has 0 unspecified atom stereocenters. The Hall–Kier alpha value is -2.93. The lowest BCUT2D eigenvalue weighted by Gasteiger charge is -2.28. The summed E-state index contributed by atoms with van der Waals surface area (Å²) in [6, 6.07) is 9.04. The molecule has 1 aliphatic rings. The van der Waals surface area contributed by atoms with E-state index in [1.54, 1.807) is 11.0 Å². The molecule has 1 fully saturated rings. The van der Waals surface area contributed by atoms with Gasteiger partial charge in [-0.25, -0.2) is 0 Å². The first-order valence-corrected chi connectivity index (χ1v) is 12.6. The number of hydrogen-bond acceptors (Lipinski definition) is 5. The predicted molar refractivity (Wildman–Crippen MR) is 136 cm³/mol. The van der Waals surface area contributed by atoms with Crippen LogP contribution in [0.15, 0.2) is 55.6 Å². The molecule has 0 bridgehead atoms. The van der Waals surface area contributed by atoms with Crippen LogP contribution in [0.3, 0.4) is 0 Å². The Morgan fingerprint density at radius 1 is 1.17 bits per heavy atom. The van der Waals surface area contributed by atoms with Gasteiger partial charge < -0.3 is 20.1 Å². The van der Waals surface area contributed by atoms with Crippen LogP contribution in [0.25, 0.3) is 0 Å². The van der Waals surface area contributed by atoms with Crippen LogP contribution in [0.2, 0.25) is 0 Å². The minimum Gasteiger partial charge on any atom is -0.463 e. The molecule has 1 heterocycles. The molecule has 1 aliphatic heterocycles. The molecule has 0 aliphatic carbocycles. The average molecular weight is 485 g/mol. The van der Waals surface area contributed by atoms with Crippen LogP contribution in [0, 0.1) is 5.92 Å². The fourth-order valence-corrected chi connectivity index (χ4v) is 4.40. The number of esters is 1. The maximum atomic E-state index is 13.3. The molecule has 0 spiro atoms. The van der Waals surface area contributed by atoms with E-state index in [1.165, 1.54) is 0 Å². The van der Waals surface area contributed by atoms with Crippen LogP contribution in [0.1, 0.15) is 56.9 Å². The van der Waals surface area contributed by atoms with Gasteiger partial charge in [-0.2, -0.15) is 0 Å². The van der Waals surface area contributed by atoms with E-state index in [4.69, 9.17) is 4.74 Å². The highest BCUT2D eigenvalue weighted by Crippen LogP contribution is 2.23. The number of carbonyl (C=O) groups is 3. The summed E-state index contributed by atoms with van der Waals surface area (Å²) in [5.41, 5.74) is 1.01. The number of benzene rings is 1. The predicted octanol–water partition coefficient (Wildman–Crippen LogP) is 3.57. The van der Waals surface area contributed by atoms with Gasteiger partial charge in [0.15, 0.2) is 0 Å². The van der Waals surface area contributed by atoms with Crippen LogP contribution in [-0.4, -0.2) is 59.6 Å². The Morgan fingerprint density at radius 2 is 1.94 bits per heavy atom. The van der Waals surface area contributed by atoms with Crippen molar-refractivity contribution >= 4 is 17.8 Å². The molecular weight excluding hydrogens is 444 g/mol. The molecule has 3 atom stereocenters. The Morgan fingerprint density at radius 3 is 2.63 bits per heavy atom. The first-order chi connectivity index (χ1) is 17.0. The van der Waals surface area contributed by atoms with E-state index in [2.05, 4.69) is 18.5 Å². The zero-order chi connectivity index (χ0) is 25.5.